The number of sulfonamides is 1. The lowest BCUT2D eigenvalue weighted by Gasteiger charge is -2.34. The molecule has 1 aromatic heterocycles. The average molecular weight is 437 g/mol. The van der Waals surface area contributed by atoms with Crippen molar-refractivity contribution < 1.29 is 26.4 Å². The molecule has 1 saturated heterocycles. The number of halogens is 2. The first kappa shape index (κ1) is 20.2. The van der Waals surface area contributed by atoms with Crippen LogP contribution in [0.5, 0.6) is 0 Å². The Balaban J connectivity index is 1.46. The Hall–Kier alpha value is -3.05. The third-order valence-corrected chi connectivity index (χ3v) is 6.90. The van der Waals surface area contributed by atoms with E-state index in [2.05, 4.69) is 0 Å². The lowest BCUT2D eigenvalue weighted by atomic mass is 10.3. The fourth-order valence-electron chi connectivity index (χ4n) is 3.40. The third kappa shape index (κ3) is 3.61. The van der Waals surface area contributed by atoms with E-state index in [1.54, 1.807) is 24.3 Å². The van der Waals surface area contributed by atoms with Crippen molar-refractivity contribution in [3.8, 4) is 0 Å². The molecular formula is C19H17F2N3O5S. The Morgan fingerprint density at radius 2 is 1.73 bits per heavy atom. The summed E-state index contributed by atoms with van der Waals surface area (Å²) in [6.45, 7) is -0.191. The molecule has 0 N–H and O–H groups in total. The summed E-state index contributed by atoms with van der Waals surface area (Å²) in [5.74, 6) is -3.06. The van der Waals surface area contributed by atoms with Crippen molar-refractivity contribution in [1.29, 1.82) is 0 Å². The van der Waals surface area contributed by atoms with Crippen LogP contribution in [0.2, 0.25) is 0 Å². The van der Waals surface area contributed by atoms with Gasteiger partial charge in [-0.15, -0.1) is 0 Å². The molecule has 1 amide bonds. The molecule has 11 heteroatoms. The van der Waals surface area contributed by atoms with E-state index in [9.17, 15) is 26.8 Å². The molecule has 1 fully saturated rings. The van der Waals surface area contributed by atoms with E-state index in [0.717, 1.165) is 16.4 Å². The van der Waals surface area contributed by atoms with Crippen molar-refractivity contribution in [2.45, 2.75) is 11.4 Å². The van der Waals surface area contributed by atoms with Crippen LogP contribution in [-0.2, 0) is 21.4 Å². The molecule has 3 aromatic rings. The quantitative estimate of drug-likeness (QED) is 0.615. The first-order valence-electron chi connectivity index (χ1n) is 9.09. The van der Waals surface area contributed by atoms with Crippen LogP contribution >= 0.6 is 0 Å². The molecule has 2 aromatic carbocycles. The monoisotopic (exact) mass is 437 g/mol. The van der Waals surface area contributed by atoms with E-state index in [4.69, 9.17) is 4.42 Å². The molecule has 158 valence electrons. The highest BCUT2D eigenvalue weighted by atomic mass is 32.2. The number of carbonyl (C=O) groups excluding carboxylic acids is 1. The highest BCUT2D eigenvalue weighted by molar-refractivity contribution is 7.89. The molecule has 2 heterocycles. The van der Waals surface area contributed by atoms with Crippen LogP contribution in [0.15, 0.2) is 56.6 Å². The Morgan fingerprint density at radius 1 is 1.03 bits per heavy atom. The summed E-state index contributed by atoms with van der Waals surface area (Å²) in [6, 6.07) is 8.99. The van der Waals surface area contributed by atoms with Crippen LogP contribution in [0, 0.1) is 11.6 Å². The second-order valence-electron chi connectivity index (χ2n) is 6.78. The van der Waals surface area contributed by atoms with Crippen LogP contribution in [0.3, 0.4) is 0 Å². The number of carbonyl (C=O) groups is 1. The molecule has 4 rings (SSSR count). The number of hydrogen-bond donors (Lipinski definition) is 0. The minimum Gasteiger partial charge on any atom is -0.408 e. The molecule has 1 aliphatic heterocycles. The molecule has 8 nitrogen and oxygen atoms in total. The number of nitrogens with zero attached hydrogens (tertiary/aromatic N) is 3. The fraction of sp³-hybridized carbons (Fsp3) is 0.263. The molecule has 0 unspecified atom stereocenters. The number of benzene rings is 2. The Labute approximate surface area is 170 Å². The van der Waals surface area contributed by atoms with E-state index in [0.29, 0.717) is 17.2 Å². The molecule has 0 bridgehead atoms. The Kier molecular flexibility index (Phi) is 5.16. The van der Waals surface area contributed by atoms with Crippen molar-refractivity contribution in [2.75, 3.05) is 26.2 Å². The van der Waals surface area contributed by atoms with Gasteiger partial charge in [0.15, 0.2) is 5.58 Å². The van der Waals surface area contributed by atoms with E-state index in [-0.39, 0.29) is 38.6 Å². The van der Waals surface area contributed by atoms with Crippen LogP contribution in [0.1, 0.15) is 0 Å². The number of para-hydroxylation sites is 2. The second-order valence-corrected chi connectivity index (χ2v) is 8.69. The SMILES string of the molecule is O=C(Cn1c(=O)oc2ccccc21)N1CCN(S(=O)(=O)c2ccc(F)cc2F)CC1. The first-order chi connectivity index (χ1) is 14.3. The number of piperazine rings is 1. The molecular weight excluding hydrogens is 420 g/mol. The molecule has 1 aliphatic rings. The molecule has 0 atom stereocenters. The summed E-state index contributed by atoms with van der Waals surface area (Å²) in [7, 11) is -4.16. The topological polar surface area (TPSA) is 92.8 Å². The number of rotatable bonds is 4. The maximum Gasteiger partial charge on any atom is 0.420 e. The van der Waals surface area contributed by atoms with Crippen LogP contribution < -0.4 is 5.76 Å². The minimum absolute atomic E-state index is 0.0497. The van der Waals surface area contributed by atoms with E-state index in [1.807, 2.05) is 0 Å². The predicted octanol–water partition coefficient (Wildman–Crippen LogP) is 1.41. The van der Waals surface area contributed by atoms with Crippen molar-refractivity contribution in [3.63, 3.8) is 0 Å². The smallest absolute Gasteiger partial charge is 0.408 e. The third-order valence-electron chi connectivity index (χ3n) is 4.97. The largest absolute Gasteiger partial charge is 0.420 e. The summed E-state index contributed by atoms with van der Waals surface area (Å²) in [5, 5.41) is 0. The summed E-state index contributed by atoms with van der Waals surface area (Å²) in [4.78, 5) is 25.5. The van der Waals surface area contributed by atoms with Gasteiger partial charge in [0.1, 0.15) is 23.1 Å². The normalized spacial score (nSPS) is 15.6. The number of fused-ring (bicyclic) bond motifs is 1. The lowest BCUT2D eigenvalue weighted by molar-refractivity contribution is -0.133. The highest BCUT2D eigenvalue weighted by Gasteiger charge is 2.32. The number of amides is 1. The highest BCUT2D eigenvalue weighted by Crippen LogP contribution is 2.21. The van der Waals surface area contributed by atoms with Gasteiger partial charge >= 0.3 is 5.76 Å². The Morgan fingerprint density at radius 3 is 2.43 bits per heavy atom. The standard InChI is InChI=1S/C19H17F2N3O5S/c20-13-5-6-17(14(21)11-13)30(27,28)23-9-7-22(8-10-23)18(25)12-24-15-3-1-2-4-16(15)29-19(24)26/h1-6,11H,7-10,12H2. The van der Waals surface area contributed by atoms with Crippen molar-refractivity contribution in [1.82, 2.24) is 13.8 Å². The van der Waals surface area contributed by atoms with Gasteiger partial charge in [0.25, 0.3) is 0 Å². The second kappa shape index (κ2) is 7.65. The van der Waals surface area contributed by atoms with Gasteiger partial charge < -0.3 is 9.32 Å². The zero-order valence-electron chi connectivity index (χ0n) is 15.6. The van der Waals surface area contributed by atoms with Gasteiger partial charge in [0.2, 0.25) is 15.9 Å². The van der Waals surface area contributed by atoms with Crippen molar-refractivity contribution >= 4 is 27.0 Å². The van der Waals surface area contributed by atoms with Gasteiger partial charge in [-0.2, -0.15) is 4.31 Å². The van der Waals surface area contributed by atoms with Crippen LogP contribution in [0.25, 0.3) is 11.1 Å². The number of hydrogen-bond acceptors (Lipinski definition) is 5. The van der Waals surface area contributed by atoms with Gasteiger partial charge in [-0.05, 0) is 24.3 Å². The van der Waals surface area contributed by atoms with Crippen LogP contribution in [0.4, 0.5) is 8.78 Å². The van der Waals surface area contributed by atoms with Gasteiger partial charge in [-0.25, -0.2) is 22.0 Å². The van der Waals surface area contributed by atoms with Gasteiger partial charge in [-0.3, -0.25) is 9.36 Å². The average Bonchev–Trinajstić information content (AvgIpc) is 3.03. The predicted molar refractivity (Wildman–Crippen MR) is 102 cm³/mol. The van der Waals surface area contributed by atoms with Gasteiger partial charge in [0.05, 0.1) is 5.52 Å². The zero-order chi connectivity index (χ0) is 21.5. The number of oxazole rings is 1. The lowest BCUT2D eigenvalue weighted by Crippen LogP contribution is -2.51. The van der Waals surface area contributed by atoms with E-state index >= 15 is 0 Å². The summed E-state index contributed by atoms with van der Waals surface area (Å²) in [6.07, 6.45) is 0. The molecule has 0 aliphatic carbocycles. The van der Waals surface area contributed by atoms with Crippen LogP contribution in [-0.4, -0.2) is 54.3 Å². The first-order valence-corrected chi connectivity index (χ1v) is 10.5. The van der Waals surface area contributed by atoms with Gasteiger partial charge in [-0.1, -0.05) is 12.1 Å². The molecule has 30 heavy (non-hydrogen) atoms. The Bertz CT molecular complexity index is 1280. The number of aromatic nitrogens is 1. The summed E-state index contributed by atoms with van der Waals surface area (Å²) < 4.78 is 59.7. The summed E-state index contributed by atoms with van der Waals surface area (Å²) >= 11 is 0. The van der Waals surface area contributed by atoms with Crippen molar-refractivity contribution in [3.05, 3.63) is 64.6 Å². The van der Waals surface area contributed by atoms with E-state index < -0.39 is 32.3 Å². The molecule has 0 spiro atoms. The molecule has 0 radical (unpaired) electrons. The molecule has 0 saturated carbocycles. The zero-order valence-corrected chi connectivity index (χ0v) is 16.4. The maximum absolute atomic E-state index is 13.9. The maximum atomic E-state index is 13.9. The fourth-order valence-corrected chi connectivity index (χ4v) is 4.87. The summed E-state index contributed by atoms with van der Waals surface area (Å²) in [5.41, 5.74) is 0.858. The van der Waals surface area contributed by atoms with Gasteiger partial charge in [0, 0.05) is 32.2 Å². The van der Waals surface area contributed by atoms with Crippen molar-refractivity contribution in [2.24, 2.45) is 0 Å². The van der Waals surface area contributed by atoms with E-state index in [1.165, 1.54) is 9.47 Å². The minimum atomic E-state index is -4.16.